The zero-order chi connectivity index (χ0) is 17.2. The number of carbonyl (C=O) groups is 1. The van der Waals surface area contributed by atoms with E-state index in [-0.39, 0.29) is 15.1 Å². The number of esters is 1. The molecule has 5 nitrogen and oxygen atoms in total. The number of sulfone groups is 1. The summed E-state index contributed by atoms with van der Waals surface area (Å²) in [7, 11) is -3.48. The van der Waals surface area contributed by atoms with Crippen molar-refractivity contribution in [2.45, 2.75) is 25.4 Å². The standard InChI is InChI=1S/C16H13BrFNO4S/c1-7-14-13(16(20)23-7)12(8-2-3-10(18)9(17)6-8)15-11(19-14)4-5-24(15,21)22/h2-3,6-7,12,19H,4-5H2,1H3/t7-,12+/m1/s1. The molecular formula is C16H13BrFNO4S. The Morgan fingerprint density at radius 3 is 2.83 bits per heavy atom. The molecule has 24 heavy (non-hydrogen) atoms. The summed E-state index contributed by atoms with van der Waals surface area (Å²) >= 11 is 3.13. The van der Waals surface area contributed by atoms with Gasteiger partial charge in [-0.3, -0.25) is 0 Å². The molecule has 8 heteroatoms. The van der Waals surface area contributed by atoms with E-state index in [1.54, 1.807) is 6.92 Å². The van der Waals surface area contributed by atoms with Crippen LogP contribution in [0.1, 0.15) is 24.8 Å². The summed E-state index contributed by atoms with van der Waals surface area (Å²) in [4.78, 5) is 12.5. The van der Waals surface area contributed by atoms with Crippen LogP contribution in [0.15, 0.2) is 44.5 Å². The second kappa shape index (κ2) is 5.16. The highest BCUT2D eigenvalue weighted by Crippen LogP contribution is 2.48. The van der Waals surface area contributed by atoms with Crippen LogP contribution in [0, 0.1) is 5.82 Å². The number of cyclic esters (lactones) is 1. The van der Waals surface area contributed by atoms with E-state index in [1.165, 1.54) is 18.2 Å². The van der Waals surface area contributed by atoms with Gasteiger partial charge in [-0.1, -0.05) is 6.07 Å². The smallest absolute Gasteiger partial charge is 0.337 e. The minimum Gasteiger partial charge on any atom is -0.453 e. The molecule has 0 saturated carbocycles. The lowest BCUT2D eigenvalue weighted by atomic mass is 9.86. The highest BCUT2D eigenvalue weighted by atomic mass is 79.9. The van der Waals surface area contributed by atoms with Crippen LogP contribution in [-0.4, -0.2) is 26.2 Å². The summed E-state index contributed by atoms with van der Waals surface area (Å²) in [6, 6.07) is 4.29. The molecule has 126 valence electrons. The number of allylic oxidation sites excluding steroid dienone is 2. The molecule has 0 amide bonds. The first kappa shape index (κ1) is 15.8. The van der Waals surface area contributed by atoms with Gasteiger partial charge in [-0.2, -0.15) is 0 Å². The zero-order valence-corrected chi connectivity index (χ0v) is 15.0. The summed E-state index contributed by atoms with van der Waals surface area (Å²) in [5.41, 5.74) is 2.04. The number of benzene rings is 1. The van der Waals surface area contributed by atoms with Crippen LogP contribution in [0.4, 0.5) is 4.39 Å². The van der Waals surface area contributed by atoms with Crippen molar-refractivity contribution in [3.63, 3.8) is 0 Å². The molecule has 2 atom stereocenters. The number of dihydropyridines is 1. The Balaban J connectivity index is 1.97. The van der Waals surface area contributed by atoms with E-state index in [2.05, 4.69) is 21.2 Å². The molecule has 3 aliphatic heterocycles. The second-order valence-corrected chi connectivity index (χ2v) is 8.95. The van der Waals surface area contributed by atoms with Gasteiger partial charge in [-0.05, 0) is 40.5 Å². The first-order chi connectivity index (χ1) is 11.3. The number of halogens is 2. The third-order valence-electron chi connectivity index (χ3n) is 4.57. The minimum absolute atomic E-state index is 0.00746. The predicted molar refractivity (Wildman–Crippen MR) is 88.0 cm³/mol. The molecule has 1 aromatic carbocycles. The summed E-state index contributed by atoms with van der Waals surface area (Å²) in [6.45, 7) is 1.74. The minimum atomic E-state index is -3.48. The van der Waals surface area contributed by atoms with Crippen LogP contribution in [0.5, 0.6) is 0 Å². The van der Waals surface area contributed by atoms with Gasteiger partial charge < -0.3 is 10.1 Å². The lowest BCUT2D eigenvalue weighted by Crippen LogP contribution is -2.28. The molecule has 0 aromatic heterocycles. The van der Waals surface area contributed by atoms with Gasteiger partial charge >= 0.3 is 5.97 Å². The van der Waals surface area contributed by atoms with Crippen molar-refractivity contribution < 1.29 is 22.3 Å². The first-order valence-corrected chi connectivity index (χ1v) is 9.87. The first-order valence-electron chi connectivity index (χ1n) is 7.42. The Kier molecular flexibility index (Phi) is 3.41. The van der Waals surface area contributed by atoms with Crippen molar-refractivity contribution in [2.75, 3.05) is 5.75 Å². The molecule has 3 aliphatic rings. The largest absolute Gasteiger partial charge is 0.453 e. The van der Waals surface area contributed by atoms with Crippen molar-refractivity contribution >= 4 is 31.7 Å². The normalized spacial score (nSPS) is 27.7. The molecule has 3 heterocycles. The summed E-state index contributed by atoms with van der Waals surface area (Å²) in [5, 5.41) is 3.09. The van der Waals surface area contributed by atoms with Gasteiger partial charge in [0.05, 0.1) is 32.3 Å². The lowest BCUT2D eigenvalue weighted by molar-refractivity contribution is -0.139. The molecule has 0 unspecified atom stereocenters. The highest BCUT2D eigenvalue weighted by molar-refractivity contribution is 9.10. The molecule has 0 spiro atoms. The van der Waals surface area contributed by atoms with Crippen LogP contribution < -0.4 is 5.32 Å². The average Bonchev–Trinajstić information content (AvgIpc) is 2.98. The van der Waals surface area contributed by atoms with Gasteiger partial charge in [-0.25, -0.2) is 17.6 Å². The SMILES string of the molecule is C[C@H]1OC(=O)C2=C1NC1=C([C@H]2c2ccc(F)c(Br)c2)S(=O)(=O)CC1. The van der Waals surface area contributed by atoms with E-state index < -0.39 is 33.6 Å². The molecule has 0 fully saturated rings. The van der Waals surface area contributed by atoms with E-state index in [0.717, 1.165) is 0 Å². The topological polar surface area (TPSA) is 72.5 Å². The van der Waals surface area contributed by atoms with Crippen molar-refractivity contribution in [1.82, 2.24) is 5.32 Å². The highest BCUT2D eigenvalue weighted by Gasteiger charge is 2.48. The Labute approximate surface area is 146 Å². The van der Waals surface area contributed by atoms with Crippen LogP contribution in [0.2, 0.25) is 0 Å². The third kappa shape index (κ3) is 2.16. The number of ether oxygens (including phenoxy) is 1. The van der Waals surface area contributed by atoms with E-state index >= 15 is 0 Å². The Hall–Kier alpha value is -1.67. The van der Waals surface area contributed by atoms with Crippen molar-refractivity contribution in [3.8, 4) is 0 Å². The number of hydrogen-bond acceptors (Lipinski definition) is 5. The number of hydrogen-bond donors (Lipinski definition) is 1. The molecule has 0 aliphatic carbocycles. The molecule has 1 aromatic rings. The fourth-order valence-electron chi connectivity index (χ4n) is 3.49. The molecule has 1 N–H and O–H groups in total. The summed E-state index contributed by atoms with van der Waals surface area (Å²) in [5.74, 6) is -1.75. The average molecular weight is 414 g/mol. The second-order valence-electron chi connectivity index (χ2n) is 6.02. The zero-order valence-electron chi connectivity index (χ0n) is 12.6. The predicted octanol–water partition coefficient (Wildman–Crippen LogP) is 2.50. The van der Waals surface area contributed by atoms with E-state index in [9.17, 15) is 17.6 Å². The quantitative estimate of drug-likeness (QED) is 0.716. The summed E-state index contributed by atoms with van der Waals surface area (Å²) < 4.78 is 44.2. The van der Waals surface area contributed by atoms with E-state index in [0.29, 0.717) is 29.0 Å². The third-order valence-corrected chi connectivity index (χ3v) is 7.07. The number of rotatable bonds is 1. The van der Waals surface area contributed by atoms with Crippen molar-refractivity contribution in [1.29, 1.82) is 0 Å². The molecule has 0 radical (unpaired) electrons. The fraction of sp³-hybridized carbons (Fsp3) is 0.312. The fourth-order valence-corrected chi connectivity index (χ4v) is 5.72. The van der Waals surface area contributed by atoms with Gasteiger partial charge in [-0.15, -0.1) is 0 Å². The Morgan fingerprint density at radius 1 is 1.38 bits per heavy atom. The van der Waals surface area contributed by atoms with Crippen LogP contribution in [-0.2, 0) is 19.4 Å². The maximum Gasteiger partial charge on any atom is 0.337 e. The van der Waals surface area contributed by atoms with Crippen LogP contribution in [0.3, 0.4) is 0 Å². The van der Waals surface area contributed by atoms with Gasteiger partial charge in [0.2, 0.25) is 0 Å². The van der Waals surface area contributed by atoms with E-state index in [1.807, 2.05) is 0 Å². The maximum atomic E-state index is 13.6. The lowest BCUT2D eigenvalue weighted by Gasteiger charge is -2.26. The van der Waals surface area contributed by atoms with Crippen molar-refractivity contribution in [2.24, 2.45) is 0 Å². The van der Waals surface area contributed by atoms with Crippen LogP contribution in [0.25, 0.3) is 0 Å². The maximum absolute atomic E-state index is 13.6. The molecule has 0 saturated heterocycles. The van der Waals surface area contributed by atoms with Gasteiger partial charge in [0.25, 0.3) is 0 Å². The van der Waals surface area contributed by atoms with Gasteiger partial charge in [0.15, 0.2) is 9.84 Å². The number of nitrogens with one attached hydrogen (secondary N) is 1. The number of carbonyl (C=O) groups excluding carboxylic acids is 1. The Morgan fingerprint density at radius 2 is 2.12 bits per heavy atom. The Bertz CT molecular complexity index is 951. The monoisotopic (exact) mass is 413 g/mol. The molecule has 0 bridgehead atoms. The van der Waals surface area contributed by atoms with Crippen molar-refractivity contribution in [3.05, 3.63) is 55.9 Å². The van der Waals surface area contributed by atoms with Gasteiger partial charge in [0, 0.05) is 12.1 Å². The molecule has 4 rings (SSSR count). The summed E-state index contributed by atoms with van der Waals surface area (Å²) in [6.07, 6.45) is -0.0925. The van der Waals surface area contributed by atoms with E-state index in [4.69, 9.17) is 4.74 Å². The molecular weight excluding hydrogens is 401 g/mol. The van der Waals surface area contributed by atoms with Crippen LogP contribution >= 0.6 is 15.9 Å². The van der Waals surface area contributed by atoms with Gasteiger partial charge in [0.1, 0.15) is 11.9 Å².